The molecule has 0 saturated carbocycles. The fourth-order valence-electron chi connectivity index (χ4n) is 2.28. The van der Waals surface area contributed by atoms with E-state index in [4.69, 9.17) is 14.2 Å². The molecule has 4 heteroatoms. The highest BCUT2D eigenvalue weighted by Gasteiger charge is 2.13. The third-order valence-electron chi connectivity index (χ3n) is 3.33. The molecule has 0 unspecified atom stereocenters. The summed E-state index contributed by atoms with van der Waals surface area (Å²) in [4.78, 5) is 0. The molecule has 1 aliphatic rings. The van der Waals surface area contributed by atoms with Crippen LogP contribution in [0, 0.1) is 0 Å². The molecule has 20 heavy (non-hydrogen) atoms. The lowest BCUT2D eigenvalue weighted by Crippen LogP contribution is -2.15. The maximum absolute atomic E-state index is 9.25. The van der Waals surface area contributed by atoms with Gasteiger partial charge in [0.1, 0.15) is 19.0 Å². The van der Waals surface area contributed by atoms with Gasteiger partial charge in [-0.1, -0.05) is 18.2 Å². The molecule has 0 spiro atoms. The van der Waals surface area contributed by atoms with Gasteiger partial charge in [0.25, 0.3) is 0 Å². The third kappa shape index (κ3) is 2.30. The second-order valence-electron chi connectivity index (χ2n) is 4.54. The molecule has 0 saturated heterocycles. The van der Waals surface area contributed by atoms with Gasteiger partial charge in [-0.2, -0.15) is 0 Å². The number of hydrogen-bond acceptors (Lipinski definition) is 4. The Balaban J connectivity index is 2.00. The zero-order valence-electron chi connectivity index (χ0n) is 11.3. The van der Waals surface area contributed by atoms with Crippen LogP contribution in [0.15, 0.2) is 36.4 Å². The van der Waals surface area contributed by atoms with E-state index in [-0.39, 0.29) is 6.61 Å². The van der Waals surface area contributed by atoms with Crippen molar-refractivity contribution in [2.45, 2.75) is 6.61 Å². The first-order chi connectivity index (χ1) is 9.81. The van der Waals surface area contributed by atoms with Crippen LogP contribution in [0.4, 0.5) is 0 Å². The van der Waals surface area contributed by atoms with Gasteiger partial charge in [-0.3, -0.25) is 0 Å². The van der Waals surface area contributed by atoms with Crippen molar-refractivity contribution in [3.05, 3.63) is 42.0 Å². The van der Waals surface area contributed by atoms with Crippen LogP contribution in [-0.2, 0) is 6.61 Å². The van der Waals surface area contributed by atoms with E-state index >= 15 is 0 Å². The highest BCUT2D eigenvalue weighted by molar-refractivity contribution is 5.69. The zero-order chi connectivity index (χ0) is 13.9. The predicted octanol–water partition coefficient (Wildman–Crippen LogP) is 2.63. The summed E-state index contributed by atoms with van der Waals surface area (Å²) in [7, 11) is 1.60. The Hall–Kier alpha value is -2.20. The Morgan fingerprint density at radius 2 is 1.70 bits per heavy atom. The highest BCUT2D eigenvalue weighted by atomic mass is 16.6. The molecular weight excluding hydrogens is 256 g/mol. The number of aliphatic hydroxyl groups is 1. The molecule has 0 aromatic heterocycles. The highest BCUT2D eigenvalue weighted by Crippen LogP contribution is 2.35. The number of hydrogen-bond donors (Lipinski definition) is 1. The number of fused-ring (bicyclic) bond motifs is 1. The van der Waals surface area contributed by atoms with E-state index in [1.807, 2.05) is 36.4 Å². The molecule has 4 nitrogen and oxygen atoms in total. The lowest BCUT2D eigenvalue weighted by atomic mass is 10.0. The lowest BCUT2D eigenvalue weighted by Gasteiger charge is -2.19. The number of aliphatic hydroxyl groups excluding tert-OH is 1. The average Bonchev–Trinajstić information content (AvgIpc) is 2.53. The summed E-state index contributed by atoms with van der Waals surface area (Å²) in [6.07, 6.45) is 0. The maximum atomic E-state index is 9.25. The lowest BCUT2D eigenvalue weighted by molar-refractivity contribution is 0.171. The maximum Gasteiger partial charge on any atom is 0.161 e. The summed E-state index contributed by atoms with van der Waals surface area (Å²) in [6, 6.07) is 11.6. The Labute approximate surface area is 117 Å². The van der Waals surface area contributed by atoms with Gasteiger partial charge in [0.2, 0.25) is 0 Å². The first-order valence-electron chi connectivity index (χ1n) is 6.49. The number of rotatable bonds is 3. The SMILES string of the molecule is COc1cc(-c2ccc3c(c2)OCCO3)ccc1CO. The molecular formula is C16H16O4. The van der Waals surface area contributed by atoms with Crippen LogP contribution in [0.1, 0.15) is 5.56 Å². The summed E-state index contributed by atoms with van der Waals surface area (Å²) in [5, 5.41) is 9.25. The topological polar surface area (TPSA) is 47.9 Å². The zero-order valence-corrected chi connectivity index (χ0v) is 11.3. The molecule has 104 valence electrons. The van der Waals surface area contributed by atoms with Crippen molar-refractivity contribution in [3.63, 3.8) is 0 Å². The van der Waals surface area contributed by atoms with E-state index in [1.165, 1.54) is 0 Å². The predicted molar refractivity (Wildman–Crippen MR) is 75.3 cm³/mol. The van der Waals surface area contributed by atoms with Crippen LogP contribution in [0.2, 0.25) is 0 Å². The number of methoxy groups -OCH3 is 1. The Kier molecular flexibility index (Phi) is 3.48. The first kappa shape index (κ1) is 12.8. The van der Waals surface area contributed by atoms with Crippen molar-refractivity contribution in [1.82, 2.24) is 0 Å². The molecule has 1 aliphatic heterocycles. The van der Waals surface area contributed by atoms with Gasteiger partial charge < -0.3 is 19.3 Å². The summed E-state index contributed by atoms with van der Waals surface area (Å²) in [5.41, 5.74) is 2.81. The molecule has 0 aliphatic carbocycles. The van der Waals surface area contributed by atoms with Crippen LogP contribution in [0.25, 0.3) is 11.1 Å². The van der Waals surface area contributed by atoms with Crippen LogP contribution in [0.5, 0.6) is 17.2 Å². The quantitative estimate of drug-likeness (QED) is 0.933. The second-order valence-corrected chi connectivity index (χ2v) is 4.54. The minimum Gasteiger partial charge on any atom is -0.496 e. The van der Waals surface area contributed by atoms with Gasteiger partial charge in [0.15, 0.2) is 11.5 Å². The molecule has 1 N–H and O–H groups in total. The molecule has 2 aromatic rings. The van der Waals surface area contributed by atoms with Crippen molar-refractivity contribution >= 4 is 0 Å². The van der Waals surface area contributed by atoms with Crippen molar-refractivity contribution in [3.8, 4) is 28.4 Å². The summed E-state index contributed by atoms with van der Waals surface area (Å²) in [5.74, 6) is 2.22. The van der Waals surface area contributed by atoms with Gasteiger partial charge in [0, 0.05) is 5.56 Å². The molecule has 2 aromatic carbocycles. The van der Waals surface area contributed by atoms with E-state index in [0.717, 1.165) is 28.2 Å². The Bertz CT molecular complexity index is 584. The van der Waals surface area contributed by atoms with E-state index < -0.39 is 0 Å². The minimum atomic E-state index is -0.0371. The van der Waals surface area contributed by atoms with Crippen LogP contribution in [0.3, 0.4) is 0 Å². The van der Waals surface area contributed by atoms with E-state index in [1.54, 1.807) is 7.11 Å². The summed E-state index contributed by atoms with van der Waals surface area (Å²) < 4.78 is 16.4. The number of ether oxygens (including phenoxy) is 3. The van der Waals surface area contributed by atoms with E-state index in [0.29, 0.717) is 19.0 Å². The second kappa shape index (κ2) is 5.43. The first-order valence-corrected chi connectivity index (χ1v) is 6.49. The van der Waals surface area contributed by atoms with Crippen LogP contribution < -0.4 is 14.2 Å². The van der Waals surface area contributed by atoms with Crippen molar-refractivity contribution in [2.24, 2.45) is 0 Å². The van der Waals surface area contributed by atoms with Crippen LogP contribution in [-0.4, -0.2) is 25.4 Å². The number of benzene rings is 2. The molecule has 0 bridgehead atoms. The smallest absolute Gasteiger partial charge is 0.161 e. The summed E-state index contributed by atoms with van der Waals surface area (Å²) >= 11 is 0. The van der Waals surface area contributed by atoms with Crippen molar-refractivity contribution < 1.29 is 19.3 Å². The van der Waals surface area contributed by atoms with Gasteiger partial charge in [-0.15, -0.1) is 0 Å². The largest absolute Gasteiger partial charge is 0.496 e. The molecule has 3 rings (SSSR count). The summed E-state index contributed by atoms with van der Waals surface area (Å²) in [6.45, 7) is 1.12. The van der Waals surface area contributed by atoms with Gasteiger partial charge in [-0.25, -0.2) is 0 Å². The standard InChI is InChI=1S/C16H16O4/c1-18-15-8-11(2-3-13(15)10-17)12-4-5-14-16(9-12)20-7-6-19-14/h2-5,8-9,17H,6-7,10H2,1H3. The Morgan fingerprint density at radius 1 is 1.00 bits per heavy atom. The molecule has 1 heterocycles. The van der Waals surface area contributed by atoms with Crippen LogP contribution >= 0.6 is 0 Å². The van der Waals surface area contributed by atoms with E-state index in [2.05, 4.69) is 0 Å². The monoisotopic (exact) mass is 272 g/mol. The van der Waals surface area contributed by atoms with E-state index in [9.17, 15) is 5.11 Å². The van der Waals surface area contributed by atoms with Gasteiger partial charge in [-0.05, 0) is 29.3 Å². The third-order valence-corrected chi connectivity index (χ3v) is 3.33. The molecule has 0 amide bonds. The van der Waals surface area contributed by atoms with Crippen molar-refractivity contribution in [1.29, 1.82) is 0 Å². The van der Waals surface area contributed by atoms with Gasteiger partial charge in [0.05, 0.1) is 13.7 Å². The fourth-order valence-corrected chi connectivity index (χ4v) is 2.28. The molecule has 0 radical (unpaired) electrons. The Morgan fingerprint density at radius 3 is 2.45 bits per heavy atom. The minimum absolute atomic E-state index is 0.0371. The van der Waals surface area contributed by atoms with Crippen molar-refractivity contribution in [2.75, 3.05) is 20.3 Å². The average molecular weight is 272 g/mol. The molecule has 0 fully saturated rings. The molecule has 0 atom stereocenters. The fraction of sp³-hybridized carbons (Fsp3) is 0.250. The van der Waals surface area contributed by atoms with Gasteiger partial charge >= 0.3 is 0 Å². The normalized spacial score (nSPS) is 13.1.